The molecule has 94 valence electrons. The minimum absolute atomic E-state index is 0.437. The van der Waals surface area contributed by atoms with Crippen LogP contribution >= 0.6 is 39.9 Å². The van der Waals surface area contributed by atoms with Crippen molar-refractivity contribution >= 4 is 50.6 Å². The number of thioether (sulfide) groups is 1. The minimum atomic E-state index is 0.437. The second-order valence-corrected chi connectivity index (χ2v) is 6.21. The van der Waals surface area contributed by atoms with Gasteiger partial charge in [0.15, 0.2) is 0 Å². The standard InChI is InChI=1S/C12H17BrN2S2/c1-8(7-17-3)15(2)11-6-9(13)4-5-10(11)12(14)16/h4-6,8H,7H2,1-3H3,(H2,14,16). The number of hydrogen-bond donors (Lipinski definition) is 1. The molecule has 0 saturated heterocycles. The summed E-state index contributed by atoms with van der Waals surface area (Å²) in [4.78, 5) is 2.66. The Balaban J connectivity index is 3.10. The molecular weight excluding hydrogens is 316 g/mol. The van der Waals surface area contributed by atoms with Crippen molar-refractivity contribution in [2.75, 3.05) is 24.0 Å². The van der Waals surface area contributed by atoms with Crippen molar-refractivity contribution in [1.29, 1.82) is 0 Å². The maximum absolute atomic E-state index is 5.76. The van der Waals surface area contributed by atoms with E-state index >= 15 is 0 Å². The first-order valence-corrected chi connectivity index (χ1v) is 7.88. The molecule has 1 aromatic rings. The van der Waals surface area contributed by atoms with Crippen molar-refractivity contribution in [3.8, 4) is 0 Å². The van der Waals surface area contributed by atoms with Crippen LogP contribution in [0.25, 0.3) is 0 Å². The van der Waals surface area contributed by atoms with Crippen LogP contribution in [0.4, 0.5) is 5.69 Å². The van der Waals surface area contributed by atoms with E-state index in [9.17, 15) is 0 Å². The van der Waals surface area contributed by atoms with Gasteiger partial charge in [-0.2, -0.15) is 11.8 Å². The number of benzene rings is 1. The van der Waals surface area contributed by atoms with Crippen molar-refractivity contribution in [3.63, 3.8) is 0 Å². The Kier molecular flexibility index (Phi) is 5.76. The number of halogens is 1. The molecule has 2 N–H and O–H groups in total. The van der Waals surface area contributed by atoms with Crippen LogP contribution in [0.3, 0.4) is 0 Å². The van der Waals surface area contributed by atoms with Crippen molar-refractivity contribution in [1.82, 2.24) is 0 Å². The Labute approximate surface area is 121 Å². The predicted octanol–water partition coefficient (Wildman–Crippen LogP) is 3.27. The van der Waals surface area contributed by atoms with Crippen LogP contribution in [0.5, 0.6) is 0 Å². The molecule has 2 nitrogen and oxygen atoms in total. The maximum atomic E-state index is 5.76. The van der Waals surface area contributed by atoms with Crippen molar-refractivity contribution in [2.24, 2.45) is 5.73 Å². The van der Waals surface area contributed by atoms with E-state index in [1.54, 1.807) is 0 Å². The summed E-state index contributed by atoms with van der Waals surface area (Å²) < 4.78 is 1.04. The van der Waals surface area contributed by atoms with Crippen molar-refractivity contribution in [3.05, 3.63) is 28.2 Å². The number of anilines is 1. The fraction of sp³-hybridized carbons (Fsp3) is 0.417. The summed E-state index contributed by atoms with van der Waals surface area (Å²) in [7, 11) is 2.07. The zero-order valence-corrected chi connectivity index (χ0v) is 13.5. The molecule has 0 amide bonds. The van der Waals surface area contributed by atoms with E-state index in [0.29, 0.717) is 11.0 Å². The first-order chi connectivity index (χ1) is 7.97. The smallest absolute Gasteiger partial charge is 0.106 e. The molecule has 5 heteroatoms. The molecule has 17 heavy (non-hydrogen) atoms. The van der Waals surface area contributed by atoms with Crippen LogP contribution in [0.15, 0.2) is 22.7 Å². The molecule has 0 aromatic heterocycles. The molecule has 0 aliphatic rings. The summed E-state index contributed by atoms with van der Waals surface area (Å²) in [6, 6.07) is 6.42. The molecular formula is C12H17BrN2S2. The molecule has 1 atom stereocenters. The fourth-order valence-corrected chi connectivity index (χ4v) is 2.82. The normalized spacial score (nSPS) is 12.2. The van der Waals surface area contributed by atoms with Crippen LogP contribution in [0.2, 0.25) is 0 Å². The van der Waals surface area contributed by atoms with E-state index in [-0.39, 0.29) is 0 Å². The van der Waals surface area contributed by atoms with Crippen LogP contribution in [0.1, 0.15) is 12.5 Å². The second kappa shape index (κ2) is 6.61. The van der Waals surface area contributed by atoms with Gasteiger partial charge in [-0.1, -0.05) is 28.1 Å². The summed E-state index contributed by atoms with van der Waals surface area (Å²) in [5.74, 6) is 1.07. The SMILES string of the molecule is CSCC(C)N(C)c1cc(Br)ccc1C(N)=S. The fourth-order valence-electron chi connectivity index (χ4n) is 1.60. The average molecular weight is 333 g/mol. The molecule has 0 heterocycles. The van der Waals surface area contributed by atoms with Gasteiger partial charge in [-0.15, -0.1) is 0 Å². The monoisotopic (exact) mass is 332 g/mol. The zero-order valence-electron chi connectivity index (χ0n) is 10.2. The van der Waals surface area contributed by atoms with Crippen LogP contribution in [0, 0.1) is 0 Å². The Morgan fingerprint density at radius 1 is 1.59 bits per heavy atom. The third kappa shape index (κ3) is 3.86. The molecule has 0 saturated carbocycles. The lowest BCUT2D eigenvalue weighted by molar-refractivity contribution is 0.765. The Morgan fingerprint density at radius 2 is 2.24 bits per heavy atom. The summed E-state index contributed by atoms with van der Waals surface area (Å²) >= 11 is 10.4. The van der Waals surface area contributed by atoms with Crippen molar-refractivity contribution < 1.29 is 0 Å². The number of hydrogen-bond acceptors (Lipinski definition) is 3. The highest BCUT2D eigenvalue weighted by atomic mass is 79.9. The highest BCUT2D eigenvalue weighted by molar-refractivity contribution is 9.10. The van der Waals surface area contributed by atoms with Gasteiger partial charge < -0.3 is 10.6 Å². The lowest BCUT2D eigenvalue weighted by Crippen LogP contribution is -2.32. The van der Waals surface area contributed by atoms with Crippen LogP contribution < -0.4 is 10.6 Å². The van der Waals surface area contributed by atoms with Gasteiger partial charge in [0, 0.05) is 34.6 Å². The first-order valence-electron chi connectivity index (χ1n) is 5.28. The van der Waals surface area contributed by atoms with E-state index in [2.05, 4.69) is 47.1 Å². The highest BCUT2D eigenvalue weighted by Crippen LogP contribution is 2.26. The number of nitrogens with zero attached hydrogens (tertiary/aromatic N) is 1. The summed E-state index contributed by atoms with van der Waals surface area (Å²) in [5, 5.41) is 0. The Bertz CT molecular complexity index is 409. The van der Waals surface area contributed by atoms with Gasteiger partial charge in [-0.3, -0.25) is 0 Å². The van der Waals surface area contributed by atoms with Gasteiger partial charge in [0.1, 0.15) is 4.99 Å². The molecule has 0 spiro atoms. The first kappa shape index (κ1) is 14.8. The Hall–Kier alpha value is -0.260. The van der Waals surface area contributed by atoms with Gasteiger partial charge in [0.25, 0.3) is 0 Å². The number of nitrogens with two attached hydrogens (primary N) is 1. The molecule has 0 fully saturated rings. The van der Waals surface area contributed by atoms with E-state index < -0.39 is 0 Å². The second-order valence-electron chi connectivity index (χ2n) is 3.94. The molecule has 0 aliphatic carbocycles. The molecule has 1 unspecified atom stereocenters. The van der Waals surface area contributed by atoms with Gasteiger partial charge >= 0.3 is 0 Å². The van der Waals surface area contributed by atoms with E-state index in [1.807, 2.05) is 23.9 Å². The van der Waals surface area contributed by atoms with Gasteiger partial charge in [0.2, 0.25) is 0 Å². The minimum Gasteiger partial charge on any atom is -0.389 e. The van der Waals surface area contributed by atoms with E-state index in [1.165, 1.54) is 0 Å². The predicted molar refractivity (Wildman–Crippen MR) is 86.3 cm³/mol. The molecule has 0 aliphatic heterocycles. The summed E-state index contributed by atoms with van der Waals surface area (Å²) in [5.41, 5.74) is 7.77. The van der Waals surface area contributed by atoms with Gasteiger partial charge in [0.05, 0.1) is 0 Å². The van der Waals surface area contributed by atoms with E-state index in [4.69, 9.17) is 18.0 Å². The molecule has 1 rings (SSSR count). The lowest BCUT2D eigenvalue weighted by Gasteiger charge is -2.28. The van der Waals surface area contributed by atoms with Gasteiger partial charge in [-0.25, -0.2) is 0 Å². The number of rotatable bonds is 5. The van der Waals surface area contributed by atoms with Crippen LogP contribution in [-0.4, -0.2) is 30.1 Å². The molecule has 0 radical (unpaired) electrons. The summed E-state index contributed by atoms with van der Waals surface area (Å²) in [6.45, 7) is 2.20. The van der Waals surface area contributed by atoms with Crippen LogP contribution in [-0.2, 0) is 0 Å². The maximum Gasteiger partial charge on any atom is 0.106 e. The average Bonchev–Trinajstić information content (AvgIpc) is 2.27. The highest BCUT2D eigenvalue weighted by Gasteiger charge is 2.14. The molecule has 0 bridgehead atoms. The lowest BCUT2D eigenvalue weighted by atomic mass is 10.1. The summed E-state index contributed by atoms with van der Waals surface area (Å²) in [6.07, 6.45) is 2.11. The third-order valence-electron chi connectivity index (χ3n) is 2.67. The van der Waals surface area contributed by atoms with Gasteiger partial charge in [-0.05, 0) is 31.4 Å². The quantitative estimate of drug-likeness (QED) is 0.838. The molecule has 1 aromatic carbocycles. The number of thiocarbonyl (C=S) groups is 1. The zero-order chi connectivity index (χ0) is 13.0. The Morgan fingerprint density at radius 3 is 2.76 bits per heavy atom. The third-order valence-corrected chi connectivity index (χ3v) is 4.20. The van der Waals surface area contributed by atoms with Crippen molar-refractivity contribution in [2.45, 2.75) is 13.0 Å². The van der Waals surface area contributed by atoms with E-state index in [0.717, 1.165) is 21.5 Å². The topological polar surface area (TPSA) is 29.3 Å². The largest absolute Gasteiger partial charge is 0.389 e.